The Labute approximate surface area is 146 Å². The van der Waals surface area contributed by atoms with Gasteiger partial charge in [-0.1, -0.05) is 11.6 Å². The van der Waals surface area contributed by atoms with Crippen molar-refractivity contribution >= 4 is 28.3 Å². The summed E-state index contributed by atoms with van der Waals surface area (Å²) >= 11 is 6.06. The van der Waals surface area contributed by atoms with Gasteiger partial charge in [0.15, 0.2) is 0 Å². The molecule has 0 saturated carbocycles. The number of halogens is 1. The lowest BCUT2D eigenvalue weighted by Crippen LogP contribution is -2.64. The number of rotatable bonds is 3. The van der Waals surface area contributed by atoms with Crippen LogP contribution in [0, 0.1) is 0 Å². The average molecular weight is 349 g/mol. The van der Waals surface area contributed by atoms with E-state index in [1.54, 1.807) is 30.3 Å². The van der Waals surface area contributed by atoms with Crippen molar-refractivity contribution in [1.29, 1.82) is 0 Å². The van der Waals surface area contributed by atoms with Gasteiger partial charge < -0.3 is 15.4 Å². The Balaban J connectivity index is 2.00. The lowest BCUT2D eigenvalue weighted by Gasteiger charge is -2.46. The number of carbonyl (C=O) groups is 1. The number of ether oxygens (including phenoxy) is 1. The van der Waals surface area contributed by atoms with Gasteiger partial charge in [0.2, 0.25) is 11.8 Å². The highest BCUT2D eigenvalue weighted by Gasteiger charge is 2.43. The van der Waals surface area contributed by atoms with Crippen LogP contribution in [0.2, 0.25) is 5.15 Å². The number of hydrogen-bond donors (Lipinski definition) is 1. The van der Waals surface area contributed by atoms with Crippen LogP contribution in [0.5, 0.6) is 5.88 Å². The molecule has 0 atom stereocenters. The molecule has 2 N–H and O–H groups in total. The van der Waals surface area contributed by atoms with Crippen LogP contribution in [0.1, 0.15) is 33.3 Å². The second-order valence-electron chi connectivity index (χ2n) is 7.18. The van der Waals surface area contributed by atoms with Crippen molar-refractivity contribution in [1.82, 2.24) is 14.9 Å². The fraction of sp³-hybridized carbons (Fsp3) is 0.471. The molecule has 2 aromatic heterocycles. The Morgan fingerprint density at radius 2 is 2.00 bits per heavy atom. The maximum Gasteiger partial charge on any atom is 0.223 e. The molecule has 1 fully saturated rings. The average Bonchev–Trinajstić information content (AvgIpc) is 2.42. The van der Waals surface area contributed by atoms with E-state index >= 15 is 0 Å². The van der Waals surface area contributed by atoms with E-state index in [0.717, 1.165) is 16.3 Å². The van der Waals surface area contributed by atoms with Crippen LogP contribution in [0.4, 0.5) is 0 Å². The summed E-state index contributed by atoms with van der Waals surface area (Å²) < 4.78 is 6.11. The van der Waals surface area contributed by atoms with Crippen LogP contribution in [0.25, 0.3) is 10.8 Å². The zero-order valence-electron chi connectivity index (χ0n) is 14.3. The molecule has 128 valence electrons. The van der Waals surface area contributed by atoms with Gasteiger partial charge in [-0.3, -0.25) is 4.79 Å². The topological polar surface area (TPSA) is 81.3 Å². The van der Waals surface area contributed by atoms with Crippen molar-refractivity contribution in [2.75, 3.05) is 13.1 Å². The van der Waals surface area contributed by atoms with E-state index in [-0.39, 0.29) is 5.91 Å². The molecule has 0 radical (unpaired) electrons. The van der Waals surface area contributed by atoms with Gasteiger partial charge in [-0.15, -0.1) is 0 Å². The van der Waals surface area contributed by atoms with E-state index in [9.17, 15) is 4.79 Å². The number of nitrogens with zero attached hydrogens (tertiary/aromatic N) is 3. The number of amides is 1. The van der Waals surface area contributed by atoms with E-state index < -0.39 is 11.1 Å². The minimum atomic E-state index is -0.569. The Kier molecular flexibility index (Phi) is 3.92. The van der Waals surface area contributed by atoms with Gasteiger partial charge in [-0.25, -0.2) is 9.97 Å². The monoisotopic (exact) mass is 348 g/mol. The molecule has 7 heteroatoms. The third-order valence-electron chi connectivity index (χ3n) is 4.24. The molecule has 6 nitrogen and oxygen atoms in total. The first-order chi connectivity index (χ1) is 11.1. The van der Waals surface area contributed by atoms with E-state index in [4.69, 9.17) is 22.1 Å². The van der Waals surface area contributed by atoms with Crippen molar-refractivity contribution in [2.45, 2.75) is 38.8 Å². The van der Waals surface area contributed by atoms with Crippen LogP contribution in [0.3, 0.4) is 0 Å². The summed E-state index contributed by atoms with van der Waals surface area (Å²) in [5.41, 5.74) is 6.10. The van der Waals surface area contributed by atoms with E-state index in [0.29, 0.717) is 24.1 Å². The lowest BCUT2D eigenvalue weighted by atomic mass is 9.93. The molecule has 2 aromatic rings. The standard InChI is InChI=1S/C17H21ClN4O2/c1-10(23)22-8-17(4,9-22)24-15-12-6-20-14(18)5-11(12)13(7-21-15)16(2,3)19/h5-7H,8-9,19H2,1-4H3. The number of carbonyl (C=O) groups excluding carboxylic acids is 1. The smallest absolute Gasteiger partial charge is 0.223 e. The quantitative estimate of drug-likeness (QED) is 0.862. The molecule has 3 rings (SSSR count). The van der Waals surface area contributed by atoms with Crippen molar-refractivity contribution in [3.8, 4) is 5.88 Å². The highest BCUT2D eigenvalue weighted by Crippen LogP contribution is 2.35. The van der Waals surface area contributed by atoms with Gasteiger partial charge in [0, 0.05) is 24.9 Å². The van der Waals surface area contributed by atoms with Crippen LogP contribution in [0.15, 0.2) is 18.5 Å². The molecule has 0 spiro atoms. The fourth-order valence-corrected chi connectivity index (χ4v) is 3.12. The number of likely N-dealkylation sites (tertiary alicyclic amines) is 1. The summed E-state index contributed by atoms with van der Waals surface area (Å²) in [5, 5.41) is 2.03. The summed E-state index contributed by atoms with van der Waals surface area (Å²) in [5.74, 6) is 0.524. The van der Waals surface area contributed by atoms with Crippen molar-refractivity contribution in [3.05, 3.63) is 29.2 Å². The SMILES string of the molecule is CC(=O)N1CC(C)(Oc2ncc(C(C)(C)N)c3cc(Cl)ncc23)C1. The first-order valence-electron chi connectivity index (χ1n) is 7.77. The number of pyridine rings is 2. The molecule has 0 aliphatic carbocycles. The third-order valence-corrected chi connectivity index (χ3v) is 4.44. The summed E-state index contributed by atoms with van der Waals surface area (Å²) in [6.07, 6.45) is 3.37. The van der Waals surface area contributed by atoms with E-state index in [1.807, 2.05) is 20.8 Å². The predicted molar refractivity (Wildman–Crippen MR) is 93.0 cm³/mol. The number of fused-ring (bicyclic) bond motifs is 1. The summed E-state index contributed by atoms with van der Waals surface area (Å²) in [7, 11) is 0. The van der Waals surface area contributed by atoms with Gasteiger partial charge >= 0.3 is 0 Å². The van der Waals surface area contributed by atoms with Gasteiger partial charge in [0.05, 0.1) is 18.5 Å². The molecule has 0 aromatic carbocycles. The second kappa shape index (κ2) is 5.57. The molecule has 3 heterocycles. The van der Waals surface area contributed by atoms with Crippen LogP contribution in [-0.4, -0.2) is 39.5 Å². The van der Waals surface area contributed by atoms with E-state index in [2.05, 4.69) is 9.97 Å². The Bertz CT molecular complexity index is 810. The molecule has 24 heavy (non-hydrogen) atoms. The van der Waals surface area contributed by atoms with Crippen molar-refractivity contribution < 1.29 is 9.53 Å². The summed E-state index contributed by atoms with van der Waals surface area (Å²) in [4.78, 5) is 21.7. The lowest BCUT2D eigenvalue weighted by molar-refractivity contribution is -0.146. The van der Waals surface area contributed by atoms with Crippen LogP contribution in [-0.2, 0) is 10.3 Å². The Morgan fingerprint density at radius 1 is 1.33 bits per heavy atom. The number of aromatic nitrogens is 2. The molecular weight excluding hydrogens is 328 g/mol. The second-order valence-corrected chi connectivity index (χ2v) is 7.57. The van der Waals surface area contributed by atoms with Crippen molar-refractivity contribution in [3.63, 3.8) is 0 Å². The van der Waals surface area contributed by atoms with Gasteiger partial charge in [0.25, 0.3) is 0 Å². The molecular formula is C17H21ClN4O2. The maximum atomic E-state index is 11.4. The van der Waals surface area contributed by atoms with Crippen molar-refractivity contribution in [2.24, 2.45) is 5.73 Å². The highest BCUT2D eigenvalue weighted by molar-refractivity contribution is 6.30. The van der Waals surface area contributed by atoms with Crippen LogP contribution < -0.4 is 10.5 Å². The molecule has 0 unspecified atom stereocenters. The zero-order chi connectivity index (χ0) is 17.7. The van der Waals surface area contributed by atoms with Gasteiger partial charge in [-0.05, 0) is 37.8 Å². The number of nitrogens with two attached hydrogens (primary N) is 1. The molecule has 1 aliphatic heterocycles. The highest BCUT2D eigenvalue weighted by atomic mass is 35.5. The summed E-state index contributed by atoms with van der Waals surface area (Å²) in [6.45, 7) is 8.42. The minimum Gasteiger partial charge on any atom is -0.467 e. The van der Waals surface area contributed by atoms with Crippen LogP contribution >= 0.6 is 11.6 Å². The predicted octanol–water partition coefficient (Wildman–Crippen LogP) is 2.48. The van der Waals surface area contributed by atoms with E-state index in [1.165, 1.54) is 0 Å². The zero-order valence-corrected chi connectivity index (χ0v) is 15.0. The minimum absolute atomic E-state index is 0.0440. The maximum absolute atomic E-state index is 11.4. The molecule has 0 bridgehead atoms. The number of hydrogen-bond acceptors (Lipinski definition) is 5. The first kappa shape index (κ1) is 16.9. The normalized spacial score (nSPS) is 16.8. The first-order valence-corrected chi connectivity index (χ1v) is 8.15. The molecule has 1 saturated heterocycles. The molecule has 1 amide bonds. The third kappa shape index (κ3) is 3.03. The largest absolute Gasteiger partial charge is 0.467 e. The summed E-state index contributed by atoms with van der Waals surface area (Å²) in [6, 6.07) is 1.78. The molecule has 1 aliphatic rings. The Hall–Kier alpha value is -1.92. The van der Waals surface area contributed by atoms with Gasteiger partial charge in [0.1, 0.15) is 10.8 Å². The van der Waals surface area contributed by atoms with Gasteiger partial charge in [-0.2, -0.15) is 0 Å². The Morgan fingerprint density at radius 3 is 2.58 bits per heavy atom. The fourth-order valence-electron chi connectivity index (χ4n) is 2.96.